The molecule has 132 valence electrons. The van der Waals surface area contributed by atoms with Crippen LogP contribution in [0.4, 0.5) is 5.95 Å². The molecule has 3 heterocycles. The van der Waals surface area contributed by atoms with E-state index in [1.807, 2.05) is 11.0 Å². The number of hydrogen-bond donors (Lipinski definition) is 0. The number of nitrogens with zero attached hydrogens (tertiary/aromatic N) is 5. The van der Waals surface area contributed by atoms with Crippen LogP contribution in [-0.2, 0) is 9.53 Å². The molecule has 2 fully saturated rings. The molecule has 3 rings (SSSR count). The van der Waals surface area contributed by atoms with Gasteiger partial charge in [0.2, 0.25) is 11.9 Å². The molecule has 0 N–H and O–H groups in total. The fourth-order valence-electron chi connectivity index (χ4n) is 3.39. The molecular formula is C17H27N5O2. The number of rotatable bonds is 5. The maximum atomic E-state index is 12.4. The van der Waals surface area contributed by atoms with Crippen molar-refractivity contribution in [1.82, 2.24) is 19.8 Å². The number of hydrogen-bond acceptors (Lipinski definition) is 6. The zero-order chi connectivity index (χ0) is 16.8. The lowest BCUT2D eigenvalue weighted by atomic mass is 10.1. The maximum absolute atomic E-state index is 12.4. The smallest absolute Gasteiger partial charge is 0.225 e. The summed E-state index contributed by atoms with van der Waals surface area (Å²) in [4.78, 5) is 27.5. The number of likely N-dealkylation sites (tertiary alicyclic amines) is 1. The Hall–Kier alpha value is -1.73. The van der Waals surface area contributed by atoms with E-state index in [4.69, 9.17) is 4.74 Å². The Morgan fingerprint density at radius 3 is 2.42 bits per heavy atom. The van der Waals surface area contributed by atoms with Crippen LogP contribution in [0.1, 0.15) is 19.3 Å². The van der Waals surface area contributed by atoms with Crippen molar-refractivity contribution in [3.05, 3.63) is 18.5 Å². The Bertz CT molecular complexity index is 511. The first-order chi connectivity index (χ1) is 11.8. The van der Waals surface area contributed by atoms with E-state index in [-0.39, 0.29) is 5.91 Å². The second-order valence-corrected chi connectivity index (χ2v) is 6.44. The van der Waals surface area contributed by atoms with E-state index >= 15 is 0 Å². The molecule has 0 saturated carbocycles. The van der Waals surface area contributed by atoms with Crippen molar-refractivity contribution in [2.24, 2.45) is 0 Å². The molecule has 7 heteroatoms. The topological polar surface area (TPSA) is 61.8 Å². The van der Waals surface area contributed by atoms with Crippen LogP contribution in [0.2, 0.25) is 0 Å². The van der Waals surface area contributed by atoms with Gasteiger partial charge in [0.1, 0.15) is 0 Å². The summed E-state index contributed by atoms with van der Waals surface area (Å²) in [7, 11) is 1.78. The second kappa shape index (κ2) is 8.39. The molecular weight excluding hydrogens is 306 g/mol. The van der Waals surface area contributed by atoms with Crippen LogP contribution in [0.15, 0.2) is 18.5 Å². The van der Waals surface area contributed by atoms with Crippen molar-refractivity contribution in [2.75, 3.05) is 57.8 Å². The number of aromatic nitrogens is 2. The summed E-state index contributed by atoms with van der Waals surface area (Å²) >= 11 is 0. The van der Waals surface area contributed by atoms with Gasteiger partial charge in [0, 0.05) is 71.7 Å². The van der Waals surface area contributed by atoms with E-state index in [1.165, 1.54) is 0 Å². The van der Waals surface area contributed by atoms with E-state index in [2.05, 4.69) is 19.8 Å². The summed E-state index contributed by atoms with van der Waals surface area (Å²) in [6.07, 6.45) is 6.66. The van der Waals surface area contributed by atoms with Crippen molar-refractivity contribution in [2.45, 2.75) is 25.4 Å². The lowest BCUT2D eigenvalue weighted by Crippen LogP contribution is -2.50. The van der Waals surface area contributed by atoms with Crippen molar-refractivity contribution >= 4 is 11.9 Å². The maximum Gasteiger partial charge on any atom is 0.225 e. The Labute approximate surface area is 143 Å². The van der Waals surface area contributed by atoms with E-state index in [0.717, 1.165) is 64.6 Å². The zero-order valence-electron chi connectivity index (χ0n) is 14.4. The summed E-state index contributed by atoms with van der Waals surface area (Å²) in [5, 5.41) is 0. The second-order valence-electron chi connectivity index (χ2n) is 6.44. The summed E-state index contributed by atoms with van der Waals surface area (Å²) in [6.45, 7) is 6.03. The van der Waals surface area contributed by atoms with Gasteiger partial charge in [-0.25, -0.2) is 9.97 Å². The quantitative estimate of drug-likeness (QED) is 0.787. The number of ether oxygens (including phenoxy) is 1. The van der Waals surface area contributed by atoms with Crippen molar-refractivity contribution in [3.63, 3.8) is 0 Å². The lowest BCUT2D eigenvalue weighted by Gasteiger charge is -2.35. The van der Waals surface area contributed by atoms with Gasteiger partial charge in [-0.05, 0) is 18.9 Å². The first-order valence-corrected chi connectivity index (χ1v) is 8.81. The number of methoxy groups -OCH3 is 1. The standard InChI is InChI=1S/C17H27N5O2/c1-24-15-3-8-20(9-4-15)10-5-16(23)21-11-13-22(14-12-21)17-18-6-2-7-19-17/h2,6-7,15H,3-5,8-14H2,1H3. The number of anilines is 1. The Kier molecular flexibility index (Phi) is 5.98. The fraction of sp³-hybridized carbons (Fsp3) is 0.706. The molecule has 2 saturated heterocycles. The number of piperazine rings is 1. The van der Waals surface area contributed by atoms with Crippen molar-refractivity contribution < 1.29 is 9.53 Å². The normalized spacial score (nSPS) is 20.4. The van der Waals surface area contributed by atoms with Crippen LogP contribution in [-0.4, -0.2) is 84.7 Å². The average molecular weight is 333 g/mol. The molecule has 2 aliphatic heterocycles. The minimum absolute atomic E-state index is 0.262. The summed E-state index contributed by atoms with van der Waals surface area (Å²) in [5.41, 5.74) is 0. The summed E-state index contributed by atoms with van der Waals surface area (Å²) in [5.74, 6) is 1.02. The van der Waals surface area contributed by atoms with Gasteiger partial charge in [-0.1, -0.05) is 0 Å². The molecule has 0 atom stereocenters. The molecule has 0 unspecified atom stereocenters. The van der Waals surface area contributed by atoms with Gasteiger partial charge >= 0.3 is 0 Å². The Morgan fingerprint density at radius 2 is 1.79 bits per heavy atom. The SMILES string of the molecule is COC1CCN(CCC(=O)N2CCN(c3ncccn3)CC2)CC1. The van der Waals surface area contributed by atoms with Crippen LogP contribution < -0.4 is 4.90 Å². The van der Waals surface area contributed by atoms with Crippen LogP contribution >= 0.6 is 0 Å². The zero-order valence-corrected chi connectivity index (χ0v) is 14.4. The van der Waals surface area contributed by atoms with Crippen LogP contribution in [0.5, 0.6) is 0 Å². The van der Waals surface area contributed by atoms with E-state index in [9.17, 15) is 4.79 Å². The molecule has 2 aliphatic rings. The van der Waals surface area contributed by atoms with E-state index in [1.54, 1.807) is 19.5 Å². The number of piperidine rings is 1. The first kappa shape index (κ1) is 17.1. The average Bonchev–Trinajstić information content (AvgIpc) is 2.67. The summed E-state index contributed by atoms with van der Waals surface area (Å²) < 4.78 is 5.39. The largest absolute Gasteiger partial charge is 0.381 e. The molecule has 7 nitrogen and oxygen atoms in total. The van der Waals surface area contributed by atoms with Gasteiger partial charge in [-0.15, -0.1) is 0 Å². The van der Waals surface area contributed by atoms with Crippen molar-refractivity contribution in [1.29, 1.82) is 0 Å². The molecule has 24 heavy (non-hydrogen) atoms. The van der Waals surface area contributed by atoms with E-state index < -0.39 is 0 Å². The molecule has 1 aromatic rings. The predicted octanol–water partition coefficient (Wildman–Crippen LogP) is 0.626. The Balaban J connectivity index is 1.38. The molecule has 0 aliphatic carbocycles. The molecule has 1 aromatic heterocycles. The van der Waals surface area contributed by atoms with Crippen LogP contribution in [0.25, 0.3) is 0 Å². The minimum Gasteiger partial charge on any atom is -0.381 e. The number of amides is 1. The molecule has 1 amide bonds. The molecule has 0 aromatic carbocycles. The highest BCUT2D eigenvalue weighted by Crippen LogP contribution is 2.14. The highest BCUT2D eigenvalue weighted by molar-refractivity contribution is 5.76. The minimum atomic E-state index is 0.262. The van der Waals surface area contributed by atoms with Gasteiger partial charge in [0.05, 0.1) is 6.10 Å². The summed E-state index contributed by atoms with van der Waals surface area (Å²) in [6, 6.07) is 1.82. The van der Waals surface area contributed by atoms with Gasteiger partial charge in [0.25, 0.3) is 0 Å². The predicted molar refractivity (Wildman–Crippen MR) is 91.9 cm³/mol. The highest BCUT2D eigenvalue weighted by Gasteiger charge is 2.24. The number of carbonyl (C=O) groups is 1. The third kappa shape index (κ3) is 4.42. The van der Waals surface area contributed by atoms with Gasteiger partial charge in [-0.3, -0.25) is 4.79 Å². The van der Waals surface area contributed by atoms with Crippen LogP contribution in [0.3, 0.4) is 0 Å². The Morgan fingerprint density at radius 1 is 1.12 bits per heavy atom. The fourth-order valence-corrected chi connectivity index (χ4v) is 3.39. The molecule has 0 radical (unpaired) electrons. The van der Waals surface area contributed by atoms with Crippen LogP contribution in [0, 0.1) is 0 Å². The monoisotopic (exact) mass is 333 g/mol. The first-order valence-electron chi connectivity index (χ1n) is 8.81. The highest BCUT2D eigenvalue weighted by atomic mass is 16.5. The molecule has 0 spiro atoms. The third-order valence-electron chi connectivity index (χ3n) is 4.98. The number of carbonyl (C=O) groups excluding carboxylic acids is 1. The van der Waals surface area contributed by atoms with Gasteiger partial charge < -0.3 is 19.4 Å². The third-order valence-corrected chi connectivity index (χ3v) is 4.98. The molecule has 0 bridgehead atoms. The van der Waals surface area contributed by atoms with E-state index in [0.29, 0.717) is 12.5 Å². The van der Waals surface area contributed by atoms with Crippen molar-refractivity contribution in [3.8, 4) is 0 Å². The lowest BCUT2D eigenvalue weighted by molar-refractivity contribution is -0.132. The van der Waals surface area contributed by atoms with Gasteiger partial charge in [-0.2, -0.15) is 0 Å². The van der Waals surface area contributed by atoms with Gasteiger partial charge in [0.15, 0.2) is 0 Å².